The van der Waals surface area contributed by atoms with E-state index in [4.69, 9.17) is 4.98 Å². The summed E-state index contributed by atoms with van der Waals surface area (Å²) in [5.41, 5.74) is 5.72. The highest BCUT2D eigenvalue weighted by molar-refractivity contribution is 5.78. The lowest BCUT2D eigenvalue weighted by molar-refractivity contribution is 0.641. The fourth-order valence-electron chi connectivity index (χ4n) is 3.07. The molecular weight excluding hydrogens is 268 g/mol. The molecule has 0 radical (unpaired) electrons. The molecule has 0 amide bonds. The molecule has 0 aliphatic heterocycles. The van der Waals surface area contributed by atoms with E-state index >= 15 is 0 Å². The van der Waals surface area contributed by atoms with Crippen LogP contribution in [0.2, 0.25) is 0 Å². The molecule has 3 rings (SSSR count). The van der Waals surface area contributed by atoms with Gasteiger partial charge in [-0.05, 0) is 67.6 Å². The lowest BCUT2D eigenvalue weighted by Crippen LogP contribution is -1.97. The summed E-state index contributed by atoms with van der Waals surface area (Å²) in [4.78, 5) is 9.10. The van der Waals surface area contributed by atoms with Crippen LogP contribution in [0.15, 0.2) is 48.7 Å². The topological polar surface area (TPSA) is 25.8 Å². The predicted molar refractivity (Wildman–Crippen MR) is 93.0 cm³/mol. The molecule has 0 fully saturated rings. The van der Waals surface area contributed by atoms with Gasteiger partial charge in [0.1, 0.15) is 0 Å². The molecule has 2 heterocycles. The first-order valence-electron chi connectivity index (χ1n) is 8.05. The Kier molecular flexibility index (Phi) is 4.19. The zero-order chi connectivity index (χ0) is 15.5. The van der Waals surface area contributed by atoms with Crippen LogP contribution in [-0.2, 0) is 0 Å². The van der Waals surface area contributed by atoms with Gasteiger partial charge in [0.25, 0.3) is 0 Å². The number of pyridine rings is 2. The van der Waals surface area contributed by atoms with Crippen LogP contribution >= 0.6 is 0 Å². The fourth-order valence-corrected chi connectivity index (χ4v) is 3.07. The molecule has 0 saturated heterocycles. The molecule has 0 aliphatic carbocycles. The van der Waals surface area contributed by atoms with Gasteiger partial charge in [0, 0.05) is 17.1 Å². The second kappa shape index (κ2) is 6.27. The van der Waals surface area contributed by atoms with E-state index in [-0.39, 0.29) is 0 Å². The van der Waals surface area contributed by atoms with E-state index in [1.807, 2.05) is 12.1 Å². The lowest BCUT2D eigenvalue weighted by atomic mass is 9.90. The maximum Gasteiger partial charge on any atom is 0.159 e. The van der Waals surface area contributed by atoms with E-state index in [1.165, 1.54) is 29.5 Å². The SMILES string of the molecule is CCC(CC)c1cc(C)cc(-c2ccc3cccnc3n2)c1. The van der Waals surface area contributed by atoms with Crippen LogP contribution < -0.4 is 0 Å². The minimum absolute atomic E-state index is 0.622. The highest BCUT2D eigenvalue weighted by atomic mass is 14.8. The molecule has 0 N–H and O–H groups in total. The van der Waals surface area contributed by atoms with Gasteiger partial charge in [-0.3, -0.25) is 0 Å². The van der Waals surface area contributed by atoms with Crippen molar-refractivity contribution < 1.29 is 0 Å². The molecule has 0 spiro atoms. The zero-order valence-electron chi connectivity index (χ0n) is 13.5. The average molecular weight is 290 g/mol. The maximum atomic E-state index is 4.73. The van der Waals surface area contributed by atoms with Crippen molar-refractivity contribution in [1.82, 2.24) is 9.97 Å². The Morgan fingerprint density at radius 1 is 1.00 bits per heavy atom. The van der Waals surface area contributed by atoms with E-state index in [1.54, 1.807) is 6.20 Å². The number of benzene rings is 1. The molecule has 2 heteroatoms. The molecule has 3 aromatic rings. The van der Waals surface area contributed by atoms with Crippen LogP contribution in [0.1, 0.15) is 43.7 Å². The van der Waals surface area contributed by atoms with Crippen LogP contribution in [0, 0.1) is 6.92 Å². The summed E-state index contributed by atoms with van der Waals surface area (Å²) in [6.07, 6.45) is 4.14. The Bertz CT molecular complexity index is 789. The summed E-state index contributed by atoms with van der Waals surface area (Å²) >= 11 is 0. The van der Waals surface area contributed by atoms with Gasteiger partial charge in [-0.1, -0.05) is 25.5 Å². The Labute approximate surface area is 132 Å². The maximum absolute atomic E-state index is 4.73. The van der Waals surface area contributed by atoms with Gasteiger partial charge in [0.2, 0.25) is 0 Å². The largest absolute Gasteiger partial charge is 0.237 e. The highest BCUT2D eigenvalue weighted by Gasteiger charge is 2.10. The van der Waals surface area contributed by atoms with Crippen LogP contribution in [-0.4, -0.2) is 9.97 Å². The molecule has 22 heavy (non-hydrogen) atoms. The lowest BCUT2D eigenvalue weighted by Gasteiger charge is -2.15. The van der Waals surface area contributed by atoms with Crippen LogP contribution in [0.3, 0.4) is 0 Å². The third kappa shape index (κ3) is 2.87. The van der Waals surface area contributed by atoms with Crippen molar-refractivity contribution in [3.8, 4) is 11.3 Å². The molecule has 0 atom stereocenters. The summed E-state index contributed by atoms with van der Waals surface area (Å²) in [5.74, 6) is 0.622. The molecule has 112 valence electrons. The van der Waals surface area contributed by atoms with Gasteiger partial charge in [-0.2, -0.15) is 0 Å². The number of aryl methyl sites for hydroxylation is 1. The Morgan fingerprint density at radius 3 is 2.59 bits per heavy atom. The normalized spacial score (nSPS) is 11.3. The summed E-state index contributed by atoms with van der Waals surface area (Å²) in [6.45, 7) is 6.68. The molecule has 2 nitrogen and oxygen atoms in total. The van der Waals surface area contributed by atoms with Crippen LogP contribution in [0.25, 0.3) is 22.3 Å². The first-order valence-corrected chi connectivity index (χ1v) is 8.05. The van der Waals surface area contributed by atoms with Crippen molar-refractivity contribution in [3.63, 3.8) is 0 Å². The van der Waals surface area contributed by atoms with E-state index < -0.39 is 0 Å². The standard InChI is InChI=1S/C20H22N2/c1-4-15(5-2)17-11-14(3)12-18(13-17)19-9-8-16-7-6-10-21-20(16)22-19/h6-13,15H,4-5H2,1-3H3. The zero-order valence-corrected chi connectivity index (χ0v) is 13.5. The number of hydrogen-bond acceptors (Lipinski definition) is 2. The van der Waals surface area contributed by atoms with Crippen LogP contribution in [0.5, 0.6) is 0 Å². The van der Waals surface area contributed by atoms with Gasteiger partial charge >= 0.3 is 0 Å². The smallest absolute Gasteiger partial charge is 0.159 e. The minimum Gasteiger partial charge on any atom is -0.237 e. The molecule has 0 bridgehead atoms. The molecule has 1 aromatic carbocycles. The summed E-state index contributed by atoms with van der Waals surface area (Å²) in [5, 5.41) is 1.08. The first kappa shape index (κ1) is 14.7. The minimum atomic E-state index is 0.622. The summed E-state index contributed by atoms with van der Waals surface area (Å²) < 4.78 is 0. The first-order chi connectivity index (χ1) is 10.7. The average Bonchev–Trinajstić information content (AvgIpc) is 2.55. The van der Waals surface area contributed by atoms with Crippen molar-refractivity contribution >= 4 is 11.0 Å². The van der Waals surface area contributed by atoms with Gasteiger partial charge < -0.3 is 0 Å². The van der Waals surface area contributed by atoms with Gasteiger partial charge in [-0.25, -0.2) is 9.97 Å². The molecule has 0 aliphatic rings. The van der Waals surface area contributed by atoms with Crippen LogP contribution in [0.4, 0.5) is 0 Å². The molecule has 0 unspecified atom stereocenters. The second-order valence-corrected chi connectivity index (χ2v) is 5.89. The number of fused-ring (bicyclic) bond motifs is 1. The number of nitrogens with zero attached hydrogens (tertiary/aromatic N) is 2. The van der Waals surface area contributed by atoms with Crippen molar-refractivity contribution in [2.75, 3.05) is 0 Å². The Hall–Kier alpha value is -2.22. The third-order valence-electron chi connectivity index (χ3n) is 4.32. The summed E-state index contributed by atoms with van der Waals surface area (Å²) in [6, 6.07) is 15.0. The second-order valence-electron chi connectivity index (χ2n) is 5.89. The molecule has 2 aromatic heterocycles. The molecule has 0 saturated carbocycles. The van der Waals surface area contributed by atoms with Crippen molar-refractivity contribution in [2.24, 2.45) is 0 Å². The number of rotatable bonds is 4. The van der Waals surface area contributed by atoms with Gasteiger partial charge in [0.05, 0.1) is 5.69 Å². The Balaban J connectivity index is 2.09. The summed E-state index contributed by atoms with van der Waals surface area (Å²) in [7, 11) is 0. The van der Waals surface area contributed by atoms with Crippen molar-refractivity contribution in [3.05, 3.63) is 59.8 Å². The van der Waals surface area contributed by atoms with Gasteiger partial charge in [-0.15, -0.1) is 0 Å². The number of hydrogen-bond donors (Lipinski definition) is 0. The van der Waals surface area contributed by atoms with Crippen molar-refractivity contribution in [1.29, 1.82) is 0 Å². The van der Waals surface area contributed by atoms with Crippen molar-refractivity contribution in [2.45, 2.75) is 39.5 Å². The van der Waals surface area contributed by atoms with Gasteiger partial charge in [0.15, 0.2) is 5.65 Å². The third-order valence-corrected chi connectivity index (χ3v) is 4.32. The van der Waals surface area contributed by atoms with E-state index in [9.17, 15) is 0 Å². The highest BCUT2D eigenvalue weighted by Crippen LogP contribution is 2.29. The fraction of sp³-hybridized carbons (Fsp3) is 0.300. The quantitative estimate of drug-likeness (QED) is 0.633. The monoisotopic (exact) mass is 290 g/mol. The van der Waals surface area contributed by atoms with E-state index in [2.05, 4.69) is 56.1 Å². The predicted octanol–water partition coefficient (Wildman–Crippen LogP) is 5.51. The van der Waals surface area contributed by atoms with E-state index in [0.29, 0.717) is 5.92 Å². The Morgan fingerprint density at radius 2 is 1.82 bits per heavy atom. The number of aromatic nitrogens is 2. The van der Waals surface area contributed by atoms with E-state index in [0.717, 1.165) is 16.7 Å². The molecular formula is C20H22N2.